The van der Waals surface area contributed by atoms with Crippen molar-refractivity contribution in [2.24, 2.45) is 0 Å². The minimum absolute atomic E-state index is 0.291. The van der Waals surface area contributed by atoms with Gasteiger partial charge in [0.05, 0.1) is 0 Å². The van der Waals surface area contributed by atoms with Gasteiger partial charge in [0.15, 0.2) is 0 Å². The van der Waals surface area contributed by atoms with Crippen molar-refractivity contribution in [3.8, 4) is 0 Å². The average Bonchev–Trinajstić information content (AvgIpc) is 2.31. The molecule has 1 aromatic rings. The van der Waals surface area contributed by atoms with E-state index in [9.17, 15) is 0 Å². The molecule has 0 bridgehead atoms. The van der Waals surface area contributed by atoms with Crippen molar-refractivity contribution in [3.05, 3.63) is 35.9 Å². The van der Waals surface area contributed by atoms with Gasteiger partial charge in [0.25, 0.3) is 0 Å². The maximum atomic E-state index is 3.41. The Morgan fingerprint density at radius 3 is 2.36 bits per heavy atom. The fourth-order valence-corrected chi connectivity index (χ4v) is 2.20. The highest BCUT2D eigenvalue weighted by molar-refractivity contribution is 5.27. The summed E-state index contributed by atoms with van der Waals surface area (Å²) in [6.07, 6.45) is 1.18. The zero-order valence-corrected chi connectivity index (χ0v) is 8.72. The molecule has 0 unspecified atom stereocenters. The van der Waals surface area contributed by atoms with E-state index in [0.29, 0.717) is 5.41 Å². The Balaban J connectivity index is 2.27. The summed E-state index contributed by atoms with van der Waals surface area (Å²) >= 11 is 0. The van der Waals surface area contributed by atoms with Crippen molar-refractivity contribution in [3.63, 3.8) is 0 Å². The first-order chi connectivity index (χ1) is 6.87. The fourth-order valence-electron chi connectivity index (χ4n) is 2.20. The first-order valence-electron chi connectivity index (χ1n) is 5.34. The highest BCUT2D eigenvalue weighted by Gasteiger charge is 2.31. The predicted octanol–water partition coefficient (Wildman–Crippen LogP) is 1.48. The molecule has 1 saturated heterocycles. The SMILES string of the molecule is CCC1(c2ccccc2)CNCNC1. The molecule has 1 heterocycles. The standard InChI is InChI=1S/C12H18N2/c1-2-12(8-13-10-14-9-12)11-6-4-3-5-7-11/h3-7,13-14H,2,8-10H2,1H3. The Morgan fingerprint density at radius 1 is 1.14 bits per heavy atom. The van der Waals surface area contributed by atoms with Crippen molar-refractivity contribution in [1.82, 2.24) is 10.6 Å². The Kier molecular flexibility index (Phi) is 2.85. The topological polar surface area (TPSA) is 24.1 Å². The van der Waals surface area contributed by atoms with E-state index in [0.717, 1.165) is 19.8 Å². The van der Waals surface area contributed by atoms with Gasteiger partial charge in [-0.1, -0.05) is 37.3 Å². The Hall–Kier alpha value is -0.860. The molecule has 2 rings (SSSR count). The molecule has 1 aliphatic rings. The molecule has 0 aromatic heterocycles. The van der Waals surface area contributed by atoms with E-state index in [1.54, 1.807) is 0 Å². The van der Waals surface area contributed by atoms with Gasteiger partial charge in [-0.25, -0.2) is 0 Å². The van der Waals surface area contributed by atoms with Crippen LogP contribution in [0.4, 0.5) is 0 Å². The third kappa shape index (κ3) is 1.68. The van der Waals surface area contributed by atoms with E-state index in [-0.39, 0.29) is 0 Å². The molecule has 0 aliphatic carbocycles. The van der Waals surface area contributed by atoms with E-state index in [4.69, 9.17) is 0 Å². The van der Waals surface area contributed by atoms with Crippen LogP contribution in [0, 0.1) is 0 Å². The van der Waals surface area contributed by atoms with Crippen LogP contribution >= 0.6 is 0 Å². The second kappa shape index (κ2) is 4.11. The molecule has 0 radical (unpaired) electrons. The maximum absolute atomic E-state index is 3.41. The predicted molar refractivity (Wildman–Crippen MR) is 59.3 cm³/mol. The molecule has 1 fully saturated rings. The van der Waals surface area contributed by atoms with E-state index in [2.05, 4.69) is 47.9 Å². The quantitative estimate of drug-likeness (QED) is 0.738. The number of benzene rings is 1. The number of nitrogens with one attached hydrogen (secondary N) is 2. The summed E-state index contributed by atoms with van der Waals surface area (Å²) in [6, 6.07) is 10.8. The lowest BCUT2D eigenvalue weighted by atomic mass is 9.77. The second-order valence-electron chi connectivity index (χ2n) is 4.03. The van der Waals surface area contributed by atoms with Gasteiger partial charge in [-0.15, -0.1) is 0 Å². The molecule has 76 valence electrons. The van der Waals surface area contributed by atoms with Crippen LogP contribution in [0.25, 0.3) is 0 Å². The summed E-state index contributed by atoms with van der Waals surface area (Å²) in [5, 5.41) is 6.83. The summed E-state index contributed by atoms with van der Waals surface area (Å²) in [7, 11) is 0. The molecular formula is C12H18N2. The van der Waals surface area contributed by atoms with Crippen molar-refractivity contribution >= 4 is 0 Å². The molecule has 0 spiro atoms. The molecule has 2 N–H and O–H groups in total. The van der Waals surface area contributed by atoms with Crippen LogP contribution in [-0.2, 0) is 5.41 Å². The number of hydrogen-bond acceptors (Lipinski definition) is 2. The van der Waals surface area contributed by atoms with Gasteiger partial charge in [0, 0.05) is 25.2 Å². The normalized spacial score (nSPS) is 20.6. The Bertz CT molecular complexity index is 276. The average molecular weight is 190 g/mol. The highest BCUT2D eigenvalue weighted by atomic mass is 15.1. The Morgan fingerprint density at radius 2 is 1.79 bits per heavy atom. The van der Waals surface area contributed by atoms with Crippen molar-refractivity contribution < 1.29 is 0 Å². The summed E-state index contributed by atoms with van der Waals surface area (Å²) in [4.78, 5) is 0. The summed E-state index contributed by atoms with van der Waals surface area (Å²) in [5.41, 5.74) is 1.74. The van der Waals surface area contributed by atoms with E-state index >= 15 is 0 Å². The molecule has 2 nitrogen and oxygen atoms in total. The largest absolute Gasteiger partial charge is 0.304 e. The van der Waals surface area contributed by atoms with Crippen LogP contribution in [0.15, 0.2) is 30.3 Å². The van der Waals surface area contributed by atoms with E-state index in [1.165, 1.54) is 12.0 Å². The molecular weight excluding hydrogens is 172 g/mol. The van der Waals surface area contributed by atoms with Gasteiger partial charge in [0.2, 0.25) is 0 Å². The Labute approximate surface area is 85.7 Å². The summed E-state index contributed by atoms with van der Waals surface area (Å²) < 4.78 is 0. The van der Waals surface area contributed by atoms with E-state index < -0.39 is 0 Å². The third-order valence-corrected chi connectivity index (χ3v) is 3.24. The molecule has 0 atom stereocenters. The molecule has 2 heteroatoms. The third-order valence-electron chi connectivity index (χ3n) is 3.24. The van der Waals surface area contributed by atoms with Crippen LogP contribution in [0.5, 0.6) is 0 Å². The van der Waals surface area contributed by atoms with E-state index in [1.807, 2.05) is 0 Å². The van der Waals surface area contributed by atoms with Crippen LogP contribution in [0.1, 0.15) is 18.9 Å². The van der Waals surface area contributed by atoms with Gasteiger partial charge >= 0.3 is 0 Å². The summed E-state index contributed by atoms with van der Waals surface area (Å²) in [6.45, 7) is 5.37. The van der Waals surface area contributed by atoms with Crippen molar-refractivity contribution in [2.75, 3.05) is 19.8 Å². The van der Waals surface area contributed by atoms with Gasteiger partial charge in [-0.05, 0) is 12.0 Å². The first kappa shape index (κ1) is 9.69. The van der Waals surface area contributed by atoms with Gasteiger partial charge in [0.1, 0.15) is 0 Å². The molecule has 0 saturated carbocycles. The lowest BCUT2D eigenvalue weighted by Crippen LogP contribution is -2.54. The highest BCUT2D eigenvalue weighted by Crippen LogP contribution is 2.27. The van der Waals surface area contributed by atoms with Crippen LogP contribution < -0.4 is 10.6 Å². The minimum Gasteiger partial charge on any atom is -0.304 e. The van der Waals surface area contributed by atoms with Gasteiger partial charge in [-0.3, -0.25) is 0 Å². The zero-order valence-electron chi connectivity index (χ0n) is 8.72. The van der Waals surface area contributed by atoms with Crippen LogP contribution in [0.2, 0.25) is 0 Å². The monoisotopic (exact) mass is 190 g/mol. The minimum atomic E-state index is 0.291. The van der Waals surface area contributed by atoms with Gasteiger partial charge < -0.3 is 10.6 Å². The van der Waals surface area contributed by atoms with Crippen molar-refractivity contribution in [2.45, 2.75) is 18.8 Å². The zero-order chi connectivity index (χ0) is 9.86. The second-order valence-corrected chi connectivity index (χ2v) is 4.03. The lowest BCUT2D eigenvalue weighted by molar-refractivity contribution is 0.305. The number of rotatable bonds is 2. The summed E-state index contributed by atoms with van der Waals surface area (Å²) in [5.74, 6) is 0. The molecule has 14 heavy (non-hydrogen) atoms. The first-order valence-corrected chi connectivity index (χ1v) is 5.34. The number of hydrogen-bond donors (Lipinski definition) is 2. The lowest BCUT2D eigenvalue weighted by Gasteiger charge is -2.38. The van der Waals surface area contributed by atoms with Gasteiger partial charge in [-0.2, -0.15) is 0 Å². The molecule has 0 amide bonds. The van der Waals surface area contributed by atoms with Crippen LogP contribution in [-0.4, -0.2) is 19.8 Å². The molecule has 1 aliphatic heterocycles. The smallest absolute Gasteiger partial charge is 0.0454 e. The maximum Gasteiger partial charge on any atom is 0.0454 e. The molecule has 1 aromatic carbocycles. The van der Waals surface area contributed by atoms with Crippen molar-refractivity contribution in [1.29, 1.82) is 0 Å². The fraction of sp³-hybridized carbons (Fsp3) is 0.500. The van der Waals surface area contributed by atoms with Crippen LogP contribution in [0.3, 0.4) is 0 Å².